The molecular weight excluding hydrogens is 276 g/mol. The van der Waals surface area contributed by atoms with E-state index in [1.165, 1.54) is 18.3 Å². The third kappa shape index (κ3) is 6.25. The maximum atomic E-state index is 11.7. The SMILES string of the molecule is CC(=O)c1csc(NC(=O)CCO[C@H](C)CC(C)C)n1. The van der Waals surface area contributed by atoms with Gasteiger partial charge in [-0.05, 0) is 19.3 Å². The molecule has 1 aromatic heterocycles. The van der Waals surface area contributed by atoms with Crippen molar-refractivity contribution in [3.05, 3.63) is 11.1 Å². The summed E-state index contributed by atoms with van der Waals surface area (Å²) in [6.07, 6.45) is 1.43. The van der Waals surface area contributed by atoms with E-state index < -0.39 is 0 Å². The molecule has 1 atom stereocenters. The number of amides is 1. The molecule has 6 heteroatoms. The summed E-state index contributed by atoms with van der Waals surface area (Å²) in [7, 11) is 0. The fourth-order valence-corrected chi connectivity index (χ4v) is 2.53. The van der Waals surface area contributed by atoms with Crippen LogP contribution < -0.4 is 5.32 Å². The van der Waals surface area contributed by atoms with Crippen LogP contribution >= 0.6 is 11.3 Å². The lowest BCUT2D eigenvalue weighted by Gasteiger charge is -2.14. The van der Waals surface area contributed by atoms with Gasteiger partial charge in [-0.2, -0.15) is 0 Å². The molecular formula is C14H22N2O3S. The number of rotatable bonds is 8. The summed E-state index contributed by atoms with van der Waals surface area (Å²) in [6.45, 7) is 8.14. The number of hydrogen-bond donors (Lipinski definition) is 1. The van der Waals surface area contributed by atoms with Crippen molar-refractivity contribution in [1.29, 1.82) is 0 Å². The van der Waals surface area contributed by atoms with E-state index in [2.05, 4.69) is 24.1 Å². The fraction of sp³-hybridized carbons (Fsp3) is 0.643. The number of carbonyl (C=O) groups is 2. The van der Waals surface area contributed by atoms with Gasteiger partial charge < -0.3 is 10.1 Å². The van der Waals surface area contributed by atoms with Crippen molar-refractivity contribution in [2.24, 2.45) is 5.92 Å². The van der Waals surface area contributed by atoms with Gasteiger partial charge in [0.05, 0.1) is 19.1 Å². The Morgan fingerprint density at radius 3 is 2.65 bits per heavy atom. The standard InChI is InChI=1S/C14H22N2O3S/c1-9(2)7-10(3)19-6-5-13(18)16-14-15-12(8-20-14)11(4)17/h8-10H,5-7H2,1-4H3,(H,15,16,18)/t10-/m1/s1. The van der Waals surface area contributed by atoms with Gasteiger partial charge in [0.2, 0.25) is 5.91 Å². The van der Waals surface area contributed by atoms with Crippen LogP contribution in [0.2, 0.25) is 0 Å². The largest absolute Gasteiger partial charge is 0.378 e. The number of nitrogens with one attached hydrogen (secondary N) is 1. The maximum absolute atomic E-state index is 11.7. The molecule has 0 bridgehead atoms. The normalized spacial score (nSPS) is 12.4. The van der Waals surface area contributed by atoms with Crippen LogP contribution in [0.4, 0.5) is 5.13 Å². The number of ketones is 1. The first-order chi connectivity index (χ1) is 9.38. The second-order valence-electron chi connectivity index (χ2n) is 5.20. The molecule has 1 rings (SSSR count). The van der Waals surface area contributed by atoms with Gasteiger partial charge in [0.15, 0.2) is 10.9 Å². The monoisotopic (exact) mass is 298 g/mol. The molecule has 0 fully saturated rings. The van der Waals surface area contributed by atoms with Gasteiger partial charge in [-0.25, -0.2) is 4.98 Å². The zero-order chi connectivity index (χ0) is 15.1. The number of nitrogens with zero attached hydrogens (tertiary/aromatic N) is 1. The first kappa shape index (κ1) is 16.8. The van der Waals surface area contributed by atoms with E-state index in [9.17, 15) is 9.59 Å². The smallest absolute Gasteiger partial charge is 0.228 e. The van der Waals surface area contributed by atoms with Crippen LogP contribution in [0.1, 0.15) is 51.0 Å². The van der Waals surface area contributed by atoms with Crippen molar-refractivity contribution < 1.29 is 14.3 Å². The second kappa shape index (κ2) is 8.11. The number of thiazole rings is 1. The predicted molar refractivity (Wildman–Crippen MR) is 80.2 cm³/mol. The van der Waals surface area contributed by atoms with Crippen LogP contribution in [-0.2, 0) is 9.53 Å². The second-order valence-corrected chi connectivity index (χ2v) is 6.06. The molecule has 1 aromatic rings. The van der Waals surface area contributed by atoms with Crippen LogP contribution in [0.3, 0.4) is 0 Å². The first-order valence-electron chi connectivity index (χ1n) is 6.76. The van der Waals surface area contributed by atoms with Gasteiger partial charge in [-0.1, -0.05) is 13.8 Å². The molecule has 1 N–H and O–H groups in total. The van der Waals surface area contributed by atoms with E-state index in [0.717, 1.165) is 6.42 Å². The van der Waals surface area contributed by atoms with Gasteiger partial charge >= 0.3 is 0 Å². The summed E-state index contributed by atoms with van der Waals surface area (Å²) < 4.78 is 5.57. The Morgan fingerprint density at radius 2 is 2.10 bits per heavy atom. The highest BCUT2D eigenvalue weighted by atomic mass is 32.1. The van der Waals surface area contributed by atoms with Gasteiger partial charge in [0, 0.05) is 12.3 Å². The number of aromatic nitrogens is 1. The highest BCUT2D eigenvalue weighted by molar-refractivity contribution is 7.14. The summed E-state index contributed by atoms with van der Waals surface area (Å²) in [6, 6.07) is 0. The zero-order valence-electron chi connectivity index (χ0n) is 12.4. The summed E-state index contributed by atoms with van der Waals surface area (Å²) >= 11 is 1.25. The molecule has 0 unspecified atom stereocenters. The molecule has 0 spiro atoms. The van der Waals surface area contributed by atoms with Gasteiger partial charge in [-0.3, -0.25) is 9.59 Å². The molecule has 0 aliphatic carbocycles. The van der Waals surface area contributed by atoms with Crippen LogP contribution in [0.25, 0.3) is 0 Å². The van der Waals surface area contributed by atoms with Crippen molar-refractivity contribution in [2.75, 3.05) is 11.9 Å². The molecule has 1 heterocycles. The Kier molecular flexibility index (Phi) is 6.81. The van der Waals surface area contributed by atoms with Crippen LogP contribution in [0.15, 0.2) is 5.38 Å². The summed E-state index contributed by atoms with van der Waals surface area (Å²) in [5.74, 6) is 0.331. The minimum Gasteiger partial charge on any atom is -0.378 e. The average molecular weight is 298 g/mol. The predicted octanol–water partition coefficient (Wildman–Crippen LogP) is 3.13. The van der Waals surface area contributed by atoms with E-state index in [1.807, 2.05) is 6.92 Å². The van der Waals surface area contributed by atoms with Crippen molar-refractivity contribution in [1.82, 2.24) is 4.98 Å². The van der Waals surface area contributed by atoms with Gasteiger partial charge in [0.1, 0.15) is 5.69 Å². The van der Waals surface area contributed by atoms with Gasteiger partial charge in [0.25, 0.3) is 0 Å². The van der Waals surface area contributed by atoms with E-state index >= 15 is 0 Å². The summed E-state index contributed by atoms with van der Waals surface area (Å²) in [5.41, 5.74) is 0.382. The highest BCUT2D eigenvalue weighted by Gasteiger charge is 2.10. The molecule has 1 amide bonds. The van der Waals surface area contributed by atoms with Crippen LogP contribution in [-0.4, -0.2) is 29.4 Å². The van der Waals surface area contributed by atoms with Crippen LogP contribution in [0.5, 0.6) is 0 Å². The van der Waals surface area contributed by atoms with Crippen molar-refractivity contribution >= 4 is 28.2 Å². The van der Waals surface area contributed by atoms with E-state index in [4.69, 9.17) is 4.74 Å². The van der Waals surface area contributed by atoms with Crippen molar-refractivity contribution in [2.45, 2.75) is 46.6 Å². The van der Waals surface area contributed by atoms with E-state index in [0.29, 0.717) is 23.4 Å². The number of Topliss-reactive ketones (excluding diaryl/α,β-unsaturated/α-hetero) is 1. The third-order valence-corrected chi connectivity index (χ3v) is 3.40. The maximum Gasteiger partial charge on any atom is 0.228 e. The quantitative estimate of drug-likeness (QED) is 0.749. The molecule has 0 radical (unpaired) electrons. The Hall–Kier alpha value is -1.27. The number of anilines is 1. The molecule has 0 aliphatic heterocycles. The molecule has 0 aliphatic rings. The molecule has 5 nitrogen and oxygen atoms in total. The number of hydrogen-bond acceptors (Lipinski definition) is 5. The Labute approximate surface area is 123 Å². The first-order valence-corrected chi connectivity index (χ1v) is 7.64. The van der Waals surface area contributed by atoms with Gasteiger partial charge in [-0.15, -0.1) is 11.3 Å². The van der Waals surface area contributed by atoms with Crippen molar-refractivity contribution in [3.63, 3.8) is 0 Å². The highest BCUT2D eigenvalue weighted by Crippen LogP contribution is 2.16. The Bertz CT molecular complexity index is 457. The number of ether oxygens (including phenoxy) is 1. The van der Waals surface area contributed by atoms with E-state index in [1.54, 1.807) is 5.38 Å². The number of carbonyl (C=O) groups excluding carboxylic acids is 2. The molecule has 0 saturated heterocycles. The van der Waals surface area contributed by atoms with Crippen molar-refractivity contribution in [3.8, 4) is 0 Å². The topological polar surface area (TPSA) is 68.3 Å². The average Bonchev–Trinajstić information content (AvgIpc) is 2.76. The minimum absolute atomic E-state index is 0.104. The lowest BCUT2D eigenvalue weighted by molar-refractivity contribution is -0.117. The summed E-state index contributed by atoms with van der Waals surface area (Å²) in [4.78, 5) is 26.8. The molecule has 0 aromatic carbocycles. The summed E-state index contributed by atoms with van der Waals surface area (Å²) in [5, 5.41) is 4.76. The molecule has 20 heavy (non-hydrogen) atoms. The third-order valence-electron chi connectivity index (χ3n) is 2.65. The van der Waals surface area contributed by atoms with Crippen LogP contribution in [0, 0.1) is 5.92 Å². The Morgan fingerprint density at radius 1 is 1.40 bits per heavy atom. The lowest BCUT2D eigenvalue weighted by atomic mass is 10.1. The fourth-order valence-electron chi connectivity index (χ4n) is 1.76. The molecule has 0 saturated carbocycles. The van der Waals surface area contributed by atoms with E-state index in [-0.39, 0.29) is 24.2 Å². The molecule has 112 valence electrons. The minimum atomic E-state index is -0.147. The Balaban J connectivity index is 2.27. The lowest BCUT2D eigenvalue weighted by Crippen LogP contribution is -2.18. The zero-order valence-corrected chi connectivity index (χ0v) is 13.3.